The van der Waals surface area contributed by atoms with Crippen LogP contribution in [0.1, 0.15) is 11.1 Å². The number of hydrogen-bond acceptors (Lipinski definition) is 2. The Bertz CT molecular complexity index is 881. The van der Waals surface area contributed by atoms with Crippen LogP contribution in [0.4, 0.5) is 5.69 Å². The van der Waals surface area contributed by atoms with Crippen molar-refractivity contribution in [3.05, 3.63) is 90.8 Å². The quantitative estimate of drug-likeness (QED) is 0.363. The van der Waals surface area contributed by atoms with Crippen LogP contribution in [-0.4, -0.2) is 0 Å². The third kappa shape index (κ3) is 5.17. The molecule has 3 rings (SSSR count). The van der Waals surface area contributed by atoms with E-state index >= 15 is 0 Å². The van der Waals surface area contributed by atoms with E-state index in [1.165, 1.54) is 0 Å². The summed E-state index contributed by atoms with van der Waals surface area (Å²) in [6, 6.07) is 19.5. The van der Waals surface area contributed by atoms with Gasteiger partial charge in [0.25, 0.3) is 0 Å². The monoisotopic (exact) mass is 513 g/mol. The van der Waals surface area contributed by atoms with Crippen molar-refractivity contribution in [2.45, 2.75) is 13.2 Å². The van der Waals surface area contributed by atoms with Gasteiger partial charge in [-0.3, -0.25) is 0 Å². The smallest absolute Gasteiger partial charge is 0.148 e. The van der Waals surface area contributed by atoms with Crippen LogP contribution in [0.25, 0.3) is 0 Å². The lowest BCUT2D eigenvalue weighted by molar-refractivity contribution is 0.302. The maximum absolute atomic E-state index is 6.20. The van der Waals surface area contributed by atoms with Crippen LogP contribution >= 0.6 is 55.1 Å². The Hall–Kier alpha value is -1.20. The zero-order chi connectivity index (χ0) is 18.5. The van der Waals surface area contributed by atoms with Gasteiger partial charge in [-0.1, -0.05) is 53.5 Å². The largest absolute Gasteiger partial charge is 0.487 e. The van der Waals surface area contributed by atoms with Gasteiger partial charge in [0, 0.05) is 11.6 Å². The lowest BCUT2D eigenvalue weighted by Crippen LogP contribution is -2.02. The van der Waals surface area contributed by atoms with Gasteiger partial charge >= 0.3 is 0 Å². The Morgan fingerprint density at radius 2 is 1.54 bits per heavy atom. The van der Waals surface area contributed by atoms with E-state index in [-0.39, 0.29) is 0 Å². The molecule has 0 radical (unpaired) electrons. The molecule has 0 aliphatic rings. The van der Waals surface area contributed by atoms with E-state index < -0.39 is 0 Å². The molecule has 0 saturated carbocycles. The first-order valence-corrected chi connectivity index (χ1v) is 10.2. The van der Waals surface area contributed by atoms with Crippen LogP contribution in [0.2, 0.25) is 10.0 Å². The van der Waals surface area contributed by atoms with E-state index in [0.717, 1.165) is 31.5 Å². The minimum Gasteiger partial charge on any atom is -0.487 e. The van der Waals surface area contributed by atoms with Gasteiger partial charge in [-0.2, -0.15) is 0 Å². The average Bonchev–Trinajstić information content (AvgIpc) is 2.61. The van der Waals surface area contributed by atoms with E-state index in [1.54, 1.807) is 6.07 Å². The van der Waals surface area contributed by atoms with Crippen LogP contribution in [0.3, 0.4) is 0 Å². The first-order chi connectivity index (χ1) is 12.5. The summed E-state index contributed by atoms with van der Waals surface area (Å²) in [5, 5.41) is 4.53. The van der Waals surface area contributed by atoms with Gasteiger partial charge in [0.2, 0.25) is 0 Å². The molecule has 0 amide bonds. The highest BCUT2D eigenvalue weighted by Crippen LogP contribution is 2.36. The highest BCUT2D eigenvalue weighted by atomic mass is 79.9. The minimum atomic E-state index is 0.510. The van der Waals surface area contributed by atoms with Crippen molar-refractivity contribution in [1.82, 2.24) is 0 Å². The number of anilines is 1. The Morgan fingerprint density at radius 3 is 2.19 bits per heavy atom. The third-order valence-corrected chi connectivity index (χ3v) is 5.42. The Balaban J connectivity index is 1.68. The van der Waals surface area contributed by atoms with Gasteiger partial charge in [0.15, 0.2) is 0 Å². The summed E-state index contributed by atoms with van der Waals surface area (Å²) >= 11 is 19.3. The summed E-state index contributed by atoms with van der Waals surface area (Å²) in [6.45, 7) is 1.13. The van der Waals surface area contributed by atoms with Gasteiger partial charge in [-0.15, -0.1) is 0 Å². The zero-order valence-corrected chi connectivity index (χ0v) is 18.3. The van der Waals surface area contributed by atoms with E-state index in [1.807, 2.05) is 54.6 Å². The maximum Gasteiger partial charge on any atom is 0.148 e. The van der Waals surface area contributed by atoms with Gasteiger partial charge < -0.3 is 10.1 Å². The molecule has 0 saturated heterocycles. The maximum atomic E-state index is 6.20. The molecule has 0 aromatic heterocycles. The van der Waals surface area contributed by atoms with Gasteiger partial charge in [-0.05, 0) is 73.3 Å². The molecule has 0 spiro atoms. The second-order valence-electron chi connectivity index (χ2n) is 5.64. The Labute approximate surface area is 179 Å². The number of benzene rings is 3. The summed E-state index contributed by atoms with van der Waals surface area (Å²) in [7, 11) is 0. The summed E-state index contributed by atoms with van der Waals surface area (Å²) in [5.41, 5.74) is 3.05. The summed E-state index contributed by atoms with van der Waals surface area (Å²) in [4.78, 5) is 0. The molecule has 0 fully saturated rings. The zero-order valence-electron chi connectivity index (χ0n) is 13.6. The van der Waals surface area contributed by atoms with E-state index in [9.17, 15) is 0 Å². The molecule has 0 atom stereocenters. The van der Waals surface area contributed by atoms with Crippen molar-refractivity contribution in [3.8, 4) is 5.75 Å². The van der Waals surface area contributed by atoms with Crippen LogP contribution in [0, 0.1) is 0 Å². The molecule has 0 bridgehead atoms. The molecule has 1 N–H and O–H groups in total. The molecule has 0 aliphatic carbocycles. The van der Waals surface area contributed by atoms with Crippen LogP contribution in [-0.2, 0) is 13.2 Å². The predicted octanol–water partition coefficient (Wildman–Crippen LogP) is 7.71. The first-order valence-electron chi connectivity index (χ1n) is 7.86. The molecular formula is C20H15Br2Cl2NO. The highest BCUT2D eigenvalue weighted by Gasteiger charge is 2.10. The standard InChI is InChI=1S/C20H15Br2Cl2NO/c21-16-8-14(11-25-19-7-6-15(23)10-18(19)24)9-17(22)20(16)26-12-13-4-2-1-3-5-13/h1-10,25H,11-12H2. The molecule has 26 heavy (non-hydrogen) atoms. The van der Waals surface area contributed by atoms with Crippen LogP contribution < -0.4 is 10.1 Å². The number of hydrogen-bond donors (Lipinski definition) is 1. The van der Waals surface area contributed by atoms with Crippen molar-refractivity contribution >= 4 is 60.7 Å². The van der Waals surface area contributed by atoms with Crippen molar-refractivity contribution < 1.29 is 4.74 Å². The summed E-state index contributed by atoms with van der Waals surface area (Å²) in [5.74, 6) is 0.780. The summed E-state index contributed by atoms with van der Waals surface area (Å²) < 4.78 is 7.73. The molecular weight excluding hydrogens is 501 g/mol. The molecule has 0 heterocycles. The van der Waals surface area contributed by atoms with E-state index in [4.69, 9.17) is 27.9 Å². The topological polar surface area (TPSA) is 21.3 Å². The SMILES string of the molecule is Clc1ccc(NCc2cc(Br)c(OCc3ccccc3)c(Br)c2)c(Cl)c1. The fourth-order valence-electron chi connectivity index (χ4n) is 2.41. The molecule has 3 aromatic rings. The van der Waals surface area contributed by atoms with Gasteiger partial charge in [0.1, 0.15) is 12.4 Å². The second-order valence-corrected chi connectivity index (χ2v) is 8.19. The molecule has 134 valence electrons. The van der Waals surface area contributed by atoms with Gasteiger partial charge in [0.05, 0.1) is 19.7 Å². The Morgan fingerprint density at radius 1 is 0.846 bits per heavy atom. The van der Waals surface area contributed by atoms with Crippen LogP contribution in [0.5, 0.6) is 5.75 Å². The molecule has 0 unspecified atom stereocenters. The van der Waals surface area contributed by atoms with Crippen molar-refractivity contribution in [1.29, 1.82) is 0 Å². The lowest BCUT2D eigenvalue weighted by Gasteiger charge is -2.14. The van der Waals surface area contributed by atoms with Crippen LogP contribution in [0.15, 0.2) is 69.6 Å². The fourth-order valence-corrected chi connectivity index (χ4v) is 4.40. The predicted molar refractivity (Wildman–Crippen MR) is 116 cm³/mol. The van der Waals surface area contributed by atoms with Crippen molar-refractivity contribution in [2.24, 2.45) is 0 Å². The molecule has 6 heteroatoms. The molecule has 0 aliphatic heterocycles. The van der Waals surface area contributed by atoms with E-state index in [0.29, 0.717) is 23.2 Å². The average molecular weight is 516 g/mol. The highest BCUT2D eigenvalue weighted by molar-refractivity contribution is 9.11. The normalized spacial score (nSPS) is 10.6. The molecule has 2 nitrogen and oxygen atoms in total. The minimum absolute atomic E-state index is 0.510. The number of rotatable bonds is 6. The van der Waals surface area contributed by atoms with E-state index in [2.05, 4.69) is 37.2 Å². The lowest BCUT2D eigenvalue weighted by atomic mass is 10.2. The number of nitrogens with one attached hydrogen (secondary N) is 1. The Kier molecular flexibility index (Phi) is 6.87. The first kappa shape index (κ1) is 19.6. The molecule has 3 aromatic carbocycles. The second kappa shape index (κ2) is 9.14. The number of halogens is 4. The fraction of sp³-hybridized carbons (Fsp3) is 0.100. The summed E-state index contributed by atoms with van der Waals surface area (Å²) in [6.07, 6.45) is 0. The number of ether oxygens (including phenoxy) is 1. The van der Waals surface area contributed by atoms with Crippen molar-refractivity contribution in [3.63, 3.8) is 0 Å². The van der Waals surface area contributed by atoms with Crippen molar-refractivity contribution in [2.75, 3.05) is 5.32 Å². The third-order valence-electron chi connectivity index (χ3n) is 3.70. The van der Waals surface area contributed by atoms with Gasteiger partial charge in [-0.25, -0.2) is 0 Å².